The summed E-state index contributed by atoms with van der Waals surface area (Å²) in [6.45, 7) is 1.44. The number of hydrogen-bond acceptors (Lipinski definition) is 6. The van der Waals surface area contributed by atoms with Gasteiger partial charge >= 0.3 is 11.9 Å². The third-order valence-corrected chi connectivity index (χ3v) is 3.93. The SMILES string of the molecule is CCCCC[C@@H](O)C=CC=CC=CC=C[C@@H](O)[C@@H](O)CCCC(=O)OCC(=O)O. The van der Waals surface area contributed by atoms with Crippen LogP contribution in [0.15, 0.2) is 48.6 Å². The second-order valence-electron chi connectivity index (χ2n) is 6.61. The Morgan fingerprint density at radius 1 is 0.862 bits per heavy atom. The molecule has 0 aliphatic heterocycles. The number of esters is 1. The summed E-state index contributed by atoms with van der Waals surface area (Å²) in [5.74, 6) is -1.88. The van der Waals surface area contributed by atoms with Gasteiger partial charge in [0, 0.05) is 6.42 Å². The van der Waals surface area contributed by atoms with E-state index >= 15 is 0 Å². The van der Waals surface area contributed by atoms with E-state index < -0.39 is 36.9 Å². The van der Waals surface area contributed by atoms with Gasteiger partial charge in [-0.2, -0.15) is 0 Å². The van der Waals surface area contributed by atoms with Gasteiger partial charge in [-0.15, -0.1) is 0 Å². The molecule has 164 valence electrons. The third-order valence-electron chi connectivity index (χ3n) is 3.93. The van der Waals surface area contributed by atoms with Crippen molar-refractivity contribution >= 4 is 11.9 Å². The summed E-state index contributed by atoms with van der Waals surface area (Å²) in [6.07, 6.45) is 15.5. The monoisotopic (exact) mass is 410 g/mol. The molecule has 29 heavy (non-hydrogen) atoms. The van der Waals surface area contributed by atoms with E-state index in [0.717, 1.165) is 25.7 Å². The first-order valence-corrected chi connectivity index (χ1v) is 9.96. The molecule has 4 N–H and O–H groups in total. The van der Waals surface area contributed by atoms with Gasteiger partial charge in [-0.3, -0.25) is 4.79 Å². The van der Waals surface area contributed by atoms with Crippen molar-refractivity contribution in [1.29, 1.82) is 0 Å². The van der Waals surface area contributed by atoms with Gasteiger partial charge in [-0.05, 0) is 19.3 Å². The van der Waals surface area contributed by atoms with Gasteiger partial charge in [-0.1, -0.05) is 74.8 Å². The van der Waals surface area contributed by atoms with E-state index in [1.54, 1.807) is 42.5 Å². The van der Waals surface area contributed by atoms with E-state index in [1.807, 2.05) is 0 Å². The van der Waals surface area contributed by atoms with Crippen molar-refractivity contribution in [3.05, 3.63) is 48.6 Å². The highest BCUT2D eigenvalue weighted by molar-refractivity contribution is 5.75. The van der Waals surface area contributed by atoms with Gasteiger partial charge in [0.25, 0.3) is 0 Å². The molecule has 0 unspecified atom stereocenters. The van der Waals surface area contributed by atoms with E-state index in [-0.39, 0.29) is 19.3 Å². The zero-order chi connectivity index (χ0) is 21.9. The number of carbonyl (C=O) groups excluding carboxylic acids is 1. The molecule has 3 atom stereocenters. The molecule has 0 aromatic rings. The van der Waals surface area contributed by atoms with Gasteiger partial charge < -0.3 is 25.2 Å². The summed E-state index contributed by atoms with van der Waals surface area (Å²) in [4.78, 5) is 21.5. The Bertz CT molecular complexity index is 564. The van der Waals surface area contributed by atoms with E-state index in [1.165, 1.54) is 6.08 Å². The first kappa shape index (κ1) is 26.8. The Morgan fingerprint density at radius 2 is 1.48 bits per heavy atom. The maximum Gasteiger partial charge on any atom is 0.341 e. The topological polar surface area (TPSA) is 124 Å². The number of allylic oxidation sites excluding steroid dienone is 6. The minimum atomic E-state index is -1.22. The molecule has 0 radical (unpaired) electrons. The summed E-state index contributed by atoms with van der Waals surface area (Å²) in [6, 6.07) is 0. The van der Waals surface area contributed by atoms with Gasteiger partial charge in [0.2, 0.25) is 0 Å². The number of aliphatic hydroxyl groups is 3. The maximum absolute atomic E-state index is 11.2. The first-order chi connectivity index (χ1) is 13.9. The largest absolute Gasteiger partial charge is 0.479 e. The molecule has 0 amide bonds. The number of carbonyl (C=O) groups is 2. The smallest absolute Gasteiger partial charge is 0.341 e. The van der Waals surface area contributed by atoms with Crippen molar-refractivity contribution < 1.29 is 34.8 Å². The third kappa shape index (κ3) is 17.6. The molecule has 0 fully saturated rings. The molecule has 0 heterocycles. The quantitative estimate of drug-likeness (QED) is 0.175. The second kappa shape index (κ2) is 17.8. The minimum absolute atomic E-state index is 0.0215. The fraction of sp³-hybridized carbons (Fsp3) is 0.545. The Balaban J connectivity index is 4.00. The number of aliphatic carboxylic acids is 1. The molecule has 0 saturated carbocycles. The van der Waals surface area contributed by atoms with Crippen LogP contribution in [-0.2, 0) is 14.3 Å². The van der Waals surface area contributed by atoms with Crippen LogP contribution in [-0.4, -0.2) is 57.3 Å². The highest BCUT2D eigenvalue weighted by Crippen LogP contribution is 2.07. The molecular weight excluding hydrogens is 376 g/mol. The minimum Gasteiger partial charge on any atom is -0.479 e. The predicted molar refractivity (Wildman–Crippen MR) is 111 cm³/mol. The molecule has 0 aliphatic carbocycles. The zero-order valence-corrected chi connectivity index (χ0v) is 17.0. The van der Waals surface area contributed by atoms with E-state index in [2.05, 4.69) is 11.7 Å². The number of rotatable bonds is 16. The van der Waals surface area contributed by atoms with Gasteiger partial charge in [0.1, 0.15) is 0 Å². The second-order valence-corrected chi connectivity index (χ2v) is 6.61. The summed E-state index contributed by atoms with van der Waals surface area (Å²) >= 11 is 0. The highest BCUT2D eigenvalue weighted by atomic mass is 16.5. The van der Waals surface area contributed by atoms with Crippen LogP contribution in [0.5, 0.6) is 0 Å². The molecule has 0 saturated heterocycles. The van der Waals surface area contributed by atoms with Crippen LogP contribution < -0.4 is 0 Å². The molecule has 0 rings (SSSR count). The van der Waals surface area contributed by atoms with Crippen molar-refractivity contribution in [2.45, 2.75) is 70.2 Å². The van der Waals surface area contributed by atoms with Crippen molar-refractivity contribution in [2.24, 2.45) is 0 Å². The lowest BCUT2D eigenvalue weighted by atomic mass is 10.1. The molecule has 0 spiro atoms. The number of carboxylic acid groups (broad SMARTS) is 1. The van der Waals surface area contributed by atoms with Crippen LogP contribution in [0.3, 0.4) is 0 Å². The number of ether oxygens (including phenoxy) is 1. The normalized spacial score (nSPS) is 15.4. The average molecular weight is 411 g/mol. The Labute approximate surface area is 172 Å². The molecular formula is C22H34O7. The van der Waals surface area contributed by atoms with Crippen LogP contribution in [0.2, 0.25) is 0 Å². The Kier molecular flexibility index (Phi) is 16.5. The lowest BCUT2D eigenvalue weighted by Gasteiger charge is -2.13. The van der Waals surface area contributed by atoms with Crippen LogP contribution in [0.4, 0.5) is 0 Å². The molecule has 0 aliphatic rings. The van der Waals surface area contributed by atoms with Crippen molar-refractivity contribution in [3.8, 4) is 0 Å². The van der Waals surface area contributed by atoms with Crippen LogP contribution >= 0.6 is 0 Å². The summed E-state index contributed by atoms with van der Waals surface area (Å²) in [7, 11) is 0. The number of aliphatic hydroxyl groups excluding tert-OH is 3. The van der Waals surface area contributed by atoms with Gasteiger partial charge in [0.05, 0.1) is 18.3 Å². The fourth-order valence-corrected chi connectivity index (χ4v) is 2.30. The van der Waals surface area contributed by atoms with Gasteiger partial charge in [-0.25, -0.2) is 4.79 Å². The fourth-order valence-electron chi connectivity index (χ4n) is 2.30. The molecule has 7 nitrogen and oxygen atoms in total. The van der Waals surface area contributed by atoms with E-state index in [9.17, 15) is 24.9 Å². The molecule has 7 heteroatoms. The van der Waals surface area contributed by atoms with Crippen LogP contribution in [0.25, 0.3) is 0 Å². The molecule has 0 aromatic carbocycles. The number of unbranched alkanes of at least 4 members (excludes halogenated alkanes) is 2. The maximum atomic E-state index is 11.2. The summed E-state index contributed by atoms with van der Waals surface area (Å²) < 4.78 is 4.47. The Hall–Kier alpha value is -2.22. The summed E-state index contributed by atoms with van der Waals surface area (Å²) in [5, 5.41) is 37.8. The Morgan fingerprint density at radius 3 is 2.10 bits per heavy atom. The average Bonchev–Trinajstić information content (AvgIpc) is 2.68. The number of carboxylic acids is 1. The van der Waals surface area contributed by atoms with Crippen LogP contribution in [0.1, 0.15) is 51.9 Å². The molecule has 0 aromatic heterocycles. The lowest BCUT2D eigenvalue weighted by Crippen LogP contribution is -2.24. The lowest BCUT2D eigenvalue weighted by molar-refractivity contribution is -0.155. The van der Waals surface area contributed by atoms with E-state index in [0.29, 0.717) is 0 Å². The molecule has 0 bridgehead atoms. The zero-order valence-electron chi connectivity index (χ0n) is 17.0. The van der Waals surface area contributed by atoms with Crippen LogP contribution in [0, 0.1) is 0 Å². The standard InChI is InChI=1S/C22H34O7/c1-2-3-8-12-18(23)13-9-6-4-5-7-10-14-19(24)20(25)15-11-16-22(28)29-17-21(26)27/h4-7,9-10,13-14,18-20,23-25H,2-3,8,11-12,15-17H2,1H3,(H,26,27)/t18-,19-,20+/m1/s1. The first-order valence-electron chi connectivity index (χ1n) is 9.96. The van der Waals surface area contributed by atoms with Crippen molar-refractivity contribution in [2.75, 3.05) is 6.61 Å². The highest BCUT2D eigenvalue weighted by Gasteiger charge is 2.14. The number of hydrogen-bond donors (Lipinski definition) is 4. The van der Waals surface area contributed by atoms with Crippen molar-refractivity contribution in [1.82, 2.24) is 0 Å². The summed E-state index contributed by atoms with van der Waals surface area (Å²) in [5.41, 5.74) is 0. The van der Waals surface area contributed by atoms with E-state index in [4.69, 9.17) is 5.11 Å². The predicted octanol–water partition coefficient (Wildman–Crippen LogP) is 2.67. The van der Waals surface area contributed by atoms with Gasteiger partial charge in [0.15, 0.2) is 6.61 Å². The van der Waals surface area contributed by atoms with Crippen molar-refractivity contribution in [3.63, 3.8) is 0 Å².